The largest absolute Gasteiger partial charge is 0.489 e. The van der Waals surface area contributed by atoms with Crippen molar-refractivity contribution in [1.82, 2.24) is 0 Å². The van der Waals surface area contributed by atoms with Crippen molar-refractivity contribution in [2.45, 2.75) is 6.42 Å². The van der Waals surface area contributed by atoms with E-state index in [1.165, 1.54) is 0 Å². The number of rotatable bonds is 0. The van der Waals surface area contributed by atoms with Crippen molar-refractivity contribution in [1.29, 1.82) is 5.26 Å². The van der Waals surface area contributed by atoms with Crippen LogP contribution in [0.3, 0.4) is 0 Å². The third-order valence-corrected chi connectivity index (χ3v) is 2.21. The Bertz CT molecular complexity index is 398. The summed E-state index contributed by atoms with van der Waals surface area (Å²) in [6, 6.07) is 5.24. The van der Waals surface area contributed by atoms with Gasteiger partial charge in [-0.25, -0.2) is 0 Å². The molecule has 14 heavy (non-hydrogen) atoms. The molecule has 1 aliphatic rings. The Hall–Kier alpha value is -1.40. The van der Waals surface area contributed by atoms with Gasteiger partial charge in [-0.2, -0.15) is 5.26 Å². The van der Waals surface area contributed by atoms with Gasteiger partial charge in [0.2, 0.25) is 0 Å². The van der Waals surface area contributed by atoms with Gasteiger partial charge in [0.1, 0.15) is 0 Å². The topological polar surface area (TPSA) is 42.2 Å². The van der Waals surface area contributed by atoms with Crippen LogP contribution in [0.4, 0.5) is 0 Å². The zero-order valence-corrected chi connectivity index (χ0v) is 8.17. The summed E-state index contributed by atoms with van der Waals surface area (Å²) < 4.78 is 10.8. The second kappa shape index (κ2) is 3.77. The number of ether oxygens (including phenoxy) is 2. The van der Waals surface area contributed by atoms with Crippen LogP contribution in [0.5, 0.6) is 11.5 Å². The normalized spacial score (nSPS) is 14.3. The third-order valence-electron chi connectivity index (χ3n) is 1.93. The Morgan fingerprint density at radius 2 is 2.07 bits per heavy atom. The number of hydrogen-bond donors (Lipinski definition) is 0. The molecule has 0 unspecified atom stereocenters. The zero-order chi connectivity index (χ0) is 9.97. The van der Waals surface area contributed by atoms with Gasteiger partial charge in [-0.15, -0.1) is 0 Å². The first-order chi connectivity index (χ1) is 6.81. The van der Waals surface area contributed by atoms with E-state index in [0.717, 1.165) is 6.42 Å². The molecule has 0 N–H and O–H groups in total. The summed E-state index contributed by atoms with van der Waals surface area (Å²) in [6.45, 7) is 1.19. The van der Waals surface area contributed by atoms with Gasteiger partial charge in [0.05, 0.1) is 29.9 Å². The van der Waals surface area contributed by atoms with E-state index >= 15 is 0 Å². The van der Waals surface area contributed by atoms with Crippen LogP contribution in [0.25, 0.3) is 0 Å². The molecule has 4 heteroatoms. The molecule has 1 aromatic rings. The van der Waals surface area contributed by atoms with Gasteiger partial charge < -0.3 is 9.47 Å². The van der Waals surface area contributed by atoms with E-state index in [-0.39, 0.29) is 0 Å². The van der Waals surface area contributed by atoms with Crippen molar-refractivity contribution < 1.29 is 9.47 Å². The van der Waals surface area contributed by atoms with Gasteiger partial charge in [-0.3, -0.25) is 0 Å². The van der Waals surface area contributed by atoms with Gasteiger partial charge in [0.15, 0.2) is 11.5 Å². The average molecular weight is 210 g/mol. The minimum atomic E-state index is 0.431. The van der Waals surface area contributed by atoms with Crippen LogP contribution in [0, 0.1) is 11.3 Å². The van der Waals surface area contributed by atoms with Crippen LogP contribution in [-0.2, 0) is 0 Å². The maximum absolute atomic E-state index is 8.73. The molecule has 0 bridgehead atoms. The Balaban J connectivity index is 2.50. The molecule has 72 valence electrons. The van der Waals surface area contributed by atoms with Crippen molar-refractivity contribution in [2.24, 2.45) is 0 Å². The Morgan fingerprint density at radius 1 is 1.29 bits per heavy atom. The molecule has 0 aliphatic carbocycles. The molecule has 0 saturated heterocycles. The maximum Gasteiger partial charge on any atom is 0.179 e. The number of benzene rings is 1. The highest BCUT2D eigenvalue weighted by Crippen LogP contribution is 2.37. The number of hydrogen-bond acceptors (Lipinski definition) is 3. The van der Waals surface area contributed by atoms with Crippen molar-refractivity contribution in [3.05, 3.63) is 22.7 Å². The van der Waals surface area contributed by atoms with Crippen LogP contribution >= 0.6 is 11.6 Å². The highest BCUT2D eigenvalue weighted by Gasteiger charge is 2.15. The molecular formula is C10H8ClNO2. The first-order valence-electron chi connectivity index (χ1n) is 4.30. The quantitative estimate of drug-likeness (QED) is 0.659. The summed E-state index contributed by atoms with van der Waals surface area (Å²) in [5.41, 5.74) is 0.485. The molecule has 0 saturated carbocycles. The first-order valence-corrected chi connectivity index (χ1v) is 4.68. The lowest BCUT2D eigenvalue weighted by molar-refractivity contribution is 0.297. The standard InChI is InChI=1S/C10H8ClNO2/c11-8-4-7(6-12)5-9-10(8)14-3-1-2-13-9/h4-5H,1-3H2. The highest BCUT2D eigenvalue weighted by atomic mass is 35.5. The van der Waals surface area contributed by atoms with Gasteiger partial charge in [-0.1, -0.05) is 11.6 Å². The molecule has 1 aliphatic heterocycles. The van der Waals surface area contributed by atoms with E-state index in [1.54, 1.807) is 12.1 Å². The van der Waals surface area contributed by atoms with E-state index in [1.807, 2.05) is 6.07 Å². The van der Waals surface area contributed by atoms with Gasteiger partial charge in [0.25, 0.3) is 0 Å². The van der Waals surface area contributed by atoms with Crippen LogP contribution in [0.2, 0.25) is 5.02 Å². The Morgan fingerprint density at radius 3 is 2.86 bits per heavy atom. The second-order valence-electron chi connectivity index (χ2n) is 2.95. The molecular weight excluding hydrogens is 202 g/mol. The summed E-state index contributed by atoms with van der Waals surface area (Å²) in [7, 11) is 0. The van der Waals surface area contributed by atoms with Crippen LogP contribution in [-0.4, -0.2) is 13.2 Å². The number of nitrogens with zero attached hydrogens (tertiary/aromatic N) is 1. The zero-order valence-electron chi connectivity index (χ0n) is 7.42. The third kappa shape index (κ3) is 1.61. The van der Waals surface area contributed by atoms with Crippen LogP contribution < -0.4 is 9.47 Å². The first kappa shape index (κ1) is 9.17. The van der Waals surface area contributed by atoms with Gasteiger partial charge >= 0.3 is 0 Å². The number of fused-ring (bicyclic) bond motifs is 1. The predicted octanol–water partition coefficient (Wildman–Crippen LogP) is 2.37. The summed E-state index contributed by atoms with van der Waals surface area (Å²) in [4.78, 5) is 0. The fourth-order valence-corrected chi connectivity index (χ4v) is 1.56. The fourth-order valence-electron chi connectivity index (χ4n) is 1.30. The summed E-state index contributed by atoms with van der Waals surface area (Å²) >= 11 is 5.94. The van der Waals surface area contributed by atoms with E-state index in [4.69, 9.17) is 26.3 Å². The van der Waals surface area contributed by atoms with Gasteiger partial charge in [-0.05, 0) is 6.07 Å². The maximum atomic E-state index is 8.73. The average Bonchev–Trinajstić information content (AvgIpc) is 2.42. The molecule has 0 radical (unpaired) electrons. The minimum Gasteiger partial charge on any atom is -0.489 e. The monoisotopic (exact) mass is 209 g/mol. The number of nitriles is 1. The number of halogens is 1. The van der Waals surface area contributed by atoms with Crippen molar-refractivity contribution in [3.63, 3.8) is 0 Å². The highest BCUT2D eigenvalue weighted by molar-refractivity contribution is 6.32. The van der Waals surface area contributed by atoms with Crippen LogP contribution in [0.1, 0.15) is 12.0 Å². The molecule has 2 rings (SSSR count). The lowest BCUT2D eigenvalue weighted by Crippen LogP contribution is -1.97. The molecule has 1 aromatic carbocycles. The van der Waals surface area contributed by atoms with Crippen molar-refractivity contribution in [3.8, 4) is 17.6 Å². The van der Waals surface area contributed by atoms with E-state index < -0.39 is 0 Å². The lowest BCUT2D eigenvalue weighted by Gasteiger charge is -2.08. The lowest BCUT2D eigenvalue weighted by atomic mass is 10.2. The smallest absolute Gasteiger partial charge is 0.179 e. The van der Waals surface area contributed by atoms with E-state index in [2.05, 4.69) is 0 Å². The summed E-state index contributed by atoms with van der Waals surface area (Å²) in [6.07, 6.45) is 0.826. The van der Waals surface area contributed by atoms with Crippen molar-refractivity contribution in [2.75, 3.05) is 13.2 Å². The Labute approximate surface area is 86.8 Å². The molecule has 0 fully saturated rings. The molecule has 0 atom stereocenters. The molecule has 1 heterocycles. The molecule has 0 spiro atoms. The fraction of sp³-hybridized carbons (Fsp3) is 0.300. The molecule has 0 amide bonds. The molecule has 0 aromatic heterocycles. The SMILES string of the molecule is N#Cc1cc(Cl)c2c(c1)OCCCO2. The molecule has 3 nitrogen and oxygen atoms in total. The Kier molecular flexibility index (Phi) is 2.47. The minimum absolute atomic E-state index is 0.431. The summed E-state index contributed by atoms with van der Waals surface area (Å²) in [5, 5.41) is 9.16. The van der Waals surface area contributed by atoms with Crippen LogP contribution in [0.15, 0.2) is 12.1 Å². The predicted molar refractivity (Wildman–Crippen MR) is 51.8 cm³/mol. The van der Waals surface area contributed by atoms with Gasteiger partial charge in [0, 0.05) is 12.5 Å². The summed E-state index contributed by atoms with van der Waals surface area (Å²) in [5.74, 6) is 1.11. The van der Waals surface area contributed by atoms with E-state index in [0.29, 0.717) is 35.3 Å². The van der Waals surface area contributed by atoms with E-state index in [9.17, 15) is 0 Å². The second-order valence-corrected chi connectivity index (χ2v) is 3.35. The van der Waals surface area contributed by atoms with Crippen molar-refractivity contribution >= 4 is 11.6 Å².